The van der Waals surface area contributed by atoms with E-state index in [1.54, 1.807) is 11.7 Å². The van der Waals surface area contributed by atoms with E-state index in [4.69, 9.17) is 0 Å². The van der Waals surface area contributed by atoms with Gasteiger partial charge in [0.05, 0.1) is 0 Å². The fraction of sp³-hybridized carbons (Fsp3) is 0.636. The summed E-state index contributed by atoms with van der Waals surface area (Å²) in [6.07, 6.45) is 0. The molecule has 0 spiro atoms. The molecule has 0 saturated carbocycles. The normalized spacial score (nSPS) is 10.7. The van der Waals surface area contributed by atoms with Crippen molar-refractivity contribution < 1.29 is 0 Å². The summed E-state index contributed by atoms with van der Waals surface area (Å²) in [4.78, 5) is 15.4. The highest BCUT2D eigenvalue weighted by atomic mass is 32.2. The van der Waals surface area contributed by atoms with E-state index < -0.39 is 0 Å². The third-order valence-corrected chi connectivity index (χ3v) is 3.64. The van der Waals surface area contributed by atoms with Crippen LogP contribution in [0.4, 0.5) is 11.9 Å². The first-order chi connectivity index (χ1) is 10.2. The number of tetrazole rings is 1. The zero-order valence-electron chi connectivity index (χ0n) is 12.6. The van der Waals surface area contributed by atoms with Crippen LogP contribution in [0.15, 0.2) is 10.3 Å². The van der Waals surface area contributed by atoms with Crippen molar-refractivity contribution in [1.82, 2.24) is 35.2 Å². The number of anilines is 2. The molecule has 0 bridgehead atoms. The van der Waals surface area contributed by atoms with Crippen LogP contribution in [-0.4, -0.2) is 54.8 Å². The van der Waals surface area contributed by atoms with Gasteiger partial charge in [-0.2, -0.15) is 15.0 Å². The molecule has 0 saturated heterocycles. The molecule has 0 aliphatic carbocycles. The van der Waals surface area contributed by atoms with Gasteiger partial charge in [-0.05, 0) is 43.0 Å². The number of nitrogens with zero attached hydrogens (tertiary/aromatic N) is 8. The van der Waals surface area contributed by atoms with Crippen molar-refractivity contribution in [2.45, 2.75) is 31.1 Å². The van der Waals surface area contributed by atoms with E-state index in [1.807, 2.05) is 6.92 Å². The highest BCUT2D eigenvalue weighted by molar-refractivity contribution is 7.99. The first-order valence-electron chi connectivity index (χ1n) is 6.83. The Balaban J connectivity index is 2.33. The number of aromatic nitrogens is 7. The molecular formula is C11H19N9S. The second-order valence-corrected chi connectivity index (χ2v) is 5.07. The number of rotatable bonds is 7. The van der Waals surface area contributed by atoms with Gasteiger partial charge in [0, 0.05) is 26.7 Å². The zero-order valence-corrected chi connectivity index (χ0v) is 13.4. The van der Waals surface area contributed by atoms with Crippen LogP contribution in [0.2, 0.25) is 0 Å². The summed E-state index contributed by atoms with van der Waals surface area (Å²) < 4.78 is 1.58. The summed E-state index contributed by atoms with van der Waals surface area (Å²) in [5, 5.41) is 15.7. The number of aryl methyl sites for hydroxylation is 1. The Hall–Kier alpha value is -1.97. The van der Waals surface area contributed by atoms with Gasteiger partial charge < -0.3 is 10.2 Å². The number of hydrogen-bond acceptors (Lipinski definition) is 9. The molecule has 9 nitrogen and oxygen atoms in total. The van der Waals surface area contributed by atoms with E-state index in [9.17, 15) is 0 Å². The molecule has 2 aromatic rings. The molecule has 0 atom stereocenters. The lowest BCUT2D eigenvalue weighted by Gasteiger charge is -2.19. The van der Waals surface area contributed by atoms with Crippen LogP contribution in [0.5, 0.6) is 0 Å². The average molecular weight is 309 g/mol. The lowest BCUT2D eigenvalue weighted by molar-refractivity contribution is 0.663. The average Bonchev–Trinajstić information content (AvgIpc) is 2.86. The molecule has 0 radical (unpaired) electrons. The van der Waals surface area contributed by atoms with Crippen LogP contribution in [-0.2, 0) is 7.05 Å². The first kappa shape index (κ1) is 15.4. The summed E-state index contributed by atoms with van der Waals surface area (Å²) in [7, 11) is 1.78. The van der Waals surface area contributed by atoms with E-state index in [2.05, 4.69) is 54.5 Å². The summed E-state index contributed by atoms with van der Waals surface area (Å²) in [5.74, 6) is 1.22. The van der Waals surface area contributed by atoms with E-state index in [0.29, 0.717) is 22.2 Å². The Bertz CT molecular complexity index is 581. The molecule has 21 heavy (non-hydrogen) atoms. The lowest BCUT2D eigenvalue weighted by Crippen LogP contribution is -2.25. The van der Waals surface area contributed by atoms with E-state index in [-0.39, 0.29) is 0 Å². The van der Waals surface area contributed by atoms with Crippen LogP contribution < -0.4 is 10.2 Å². The second kappa shape index (κ2) is 7.16. The third-order valence-electron chi connectivity index (χ3n) is 2.75. The van der Waals surface area contributed by atoms with E-state index in [0.717, 1.165) is 19.6 Å². The van der Waals surface area contributed by atoms with E-state index >= 15 is 0 Å². The van der Waals surface area contributed by atoms with Crippen molar-refractivity contribution in [3.8, 4) is 0 Å². The van der Waals surface area contributed by atoms with Crippen LogP contribution in [0.3, 0.4) is 0 Å². The molecule has 1 N–H and O–H groups in total. The van der Waals surface area contributed by atoms with Gasteiger partial charge in [-0.15, -0.1) is 5.10 Å². The van der Waals surface area contributed by atoms with Crippen molar-refractivity contribution in [2.24, 2.45) is 7.05 Å². The summed E-state index contributed by atoms with van der Waals surface area (Å²) in [6.45, 7) is 8.56. The van der Waals surface area contributed by atoms with Gasteiger partial charge >= 0.3 is 0 Å². The number of hydrogen-bond donors (Lipinski definition) is 1. The molecule has 0 unspecified atom stereocenters. The van der Waals surface area contributed by atoms with Crippen LogP contribution in [0, 0.1) is 0 Å². The highest BCUT2D eigenvalue weighted by Gasteiger charge is 2.14. The topological polar surface area (TPSA) is 97.5 Å². The van der Waals surface area contributed by atoms with Crippen molar-refractivity contribution in [2.75, 3.05) is 29.9 Å². The Labute approximate surface area is 127 Å². The zero-order chi connectivity index (χ0) is 15.2. The van der Waals surface area contributed by atoms with Gasteiger partial charge in [0.25, 0.3) is 0 Å². The standard InChI is InChI=1S/C11H19N9S/c1-5-12-8-13-9(20(6-2)7-3)15-10(14-8)21-11-16-17-18-19(11)4/h5-7H2,1-4H3,(H,12,13,14,15). The summed E-state index contributed by atoms with van der Waals surface area (Å²) in [5.41, 5.74) is 0. The Morgan fingerprint density at radius 2 is 1.90 bits per heavy atom. The molecule has 0 fully saturated rings. The van der Waals surface area contributed by atoms with Crippen molar-refractivity contribution in [1.29, 1.82) is 0 Å². The molecule has 10 heteroatoms. The molecule has 2 heterocycles. The lowest BCUT2D eigenvalue weighted by atomic mass is 10.5. The molecule has 114 valence electrons. The van der Waals surface area contributed by atoms with E-state index in [1.165, 1.54) is 11.8 Å². The smallest absolute Gasteiger partial charge is 0.231 e. The maximum atomic E-state index is 4.49. The minimum atomic E-state index is 0.562. The van der Waals surface area contributed by atoms with Gasteiger partial charge in [0.15, 0.2) is 0 Å². The molecule has 2 aromatic heterocycles. The molecule has 2 rings (SSSR count). The van der Waals surface area contributed by atoms with Gasteiger partial charge in [-0.3, -0.25) is 0 Å². The molecule has 0 aromatic carbocycles. The van der Waals surface area contributed by atoms with Gasteiger partial charge in [0.2, 0.25) is 22.2 Å². The van der Waals surface area contributed by atoms with Crippen LogP contribution >= 0.6 is 11.8 Å². The maximum Gasteiger partial charge on any atom is 0.231 e. The minimum absolute atomic E-state index is 0.562. The Morgan fingerprint density at radius 1 is 1.14 bits per heavy atom. The monoisotopic (exact) mass is 309 g/mol. The largest absolute Gasteiger partial charge is 0.354 e. The van der Waals surface area contributed by atoms with Crippen LogP contribution in [0.25, 0.3) is 0 Å². The summed E-state index contributed by atoms with van der Waals surface area (Å²) in [6, 6.07) is 0. The number of nitrogens with one attached hydrogen (secondary N) is 1. The quantitative estimate of drug-likeness (QED) is 0.797. The molecular weight excluding hydrogens is 290 g/mol. The Morgan fingerprint density at radius 3 is 2.48 bits per heavy atom. The van der Waals surface area contributed by atoms with Gasteiger partial charge in [-0.1, -0.05) is 0 Å². The van der Waals surface area contributed by atoms with Gasteiger partial charge in [-0.25, -0.2) is 4.68 Å². The predicted octanol–water partition coefficient (Wildman–Crippen LogP) is 0.824. The molecule has 0 aliphatic rings. The fourth-order valence-corrected chi connectivity index (χ4v) is 2.33. The SMILES string of the molecule is CCNc1nc(Sc2nnnn2C)nc(N(CC)CC)n1. The fourth-order valence-electron chi connectivity index (χ4n) is 1.67. The van der Waals surface area contributed by atoms with Crippen LogP contribution in [0.1, 0.15) is 20.8 Å². The summed E-state index contributed by atoms with van der Waals surface area (Å²) >= 11 is 1.31. The van der Waals surface area contributed by atoms with Crippen molar-refractivity contribution >= 4 is 23.7 Å². The third kappa shape index (κ3) is 3.78. The highest BCUT2D eigenvalue weighted by Crippen LogP contribution is 2.23. The van der Waals surface area contributed by atoms with Gasteiger partial charge in [0.1, 0.15) is 0 Å². The molecule has 0 amide bonds. The Kier molecular flexibility index (Phi) is 5.26. The van der Waals surface area contributed by atoms with Crippen molar-refractivity contribution in [3.05, 3.63) is 0 Å². The molecule has 0 aliphatic heterocycles. The maximum absolute atomic E-state index is 4.49. The van der Waals surface area contributed by atoms with Crippen molar-refractivity contribution in [3.63, 3.8) is 0 Å². The first-order valence-corrected chi connectivity index (χ1v) is 7.64. The minimum Gasteiger partial charge on any atom is -0.354 e. The second-order valence-electron chi connectivity index (χ2n) is 4.13. The predicted molar refractivity (Wildman–Crippen MR) is 80.5 cm³/mol.